The van der Waals surface area contributed by atoms with Crippen LogP contribution in [0.15, 0.2) is 12.1 Å². The second-order valence-electron chi connectivity index (χ2n) is 4.90. The lowest BCUT2D eigenvalue weighted by atomic mass is 10.1. The van der Waals surface area contributed by atoms with Crippen LogP contribution >= 0.6 is 0 Å². The van der Waals surface area contributed by atoms with Crippen LogP contribution in [-0.4, -0.2) is 56.0 Å². The van der Waals surface area contributed by atoms with Gasteiger partial charge in [-0.05, 0) is 31.7 Å². The molecule has 1 aromatic rings. The minimum Gasteiger partial charge on any atom is -0.496 e. The average Bonchev–Trinajstić information content (AvgIpc) is 2.39. The first kappa shape index (κ1) is 13.8. The number of hydrogen-bond acceptors (Lipinski definition) is 3. The number of halogens is 1. The van der Waals surface area contributed by atoms with Crippen molar-refractivity contribution in [1.29, 1.82) is 0 Å². The standard InChI is InChI=1S/C14H19FN2O2/c1-10-8-12(15)11(9-13(10)19-3)14(18)17-6-4-16(2)5-7-17/h8-9H,4-7H2,1-3H3. The van der Waals surface area contributed by atoms with Crippen LogP contribution in [0, 0.1) is 12.7 Å². The second-order valence-corrected chi connectivity index (χ2v) is 4.90. The van der Waals surface area contributed by atoms with Crippen LogP contribution in [0.2, 0.25) is 0 Å². The molecule has 1 heterocycles. The maximum Gasteiger partial charge on any atom is 0.257 e. The summed E-state index contributed by atoms with van der Waals surface area (Å²) in [4.78, 5) is 16.2. The number of piperazine rings is 1. The van der Waals surface area contributed by atoms with Crippen molar-refractivity contribution in [2.45, 2.75) is 6.92 Å². The monoisotopic (exact) mass is 266 g/mol. The first-order valence-electron chi connectivity index (χ1n) is 6.35. The van der Waals surface area contributed by atoms with E-state index in [1.165, 1.54) is 19.2 Å². The van der Waals surface area contributed by atoms with Crippen molar-refractivity contribution >= 4 is 5.91 Å². The quantitative estimate of drug-likeness (QED) is 0.814. The van der Waals surface area contributed by atoms with Crippen molar-refractivity contribution in [3.05, 3.63) is 29.1 Å². The van der Waals surface area contributed by atoms with Gasteiger partial charge in [-0.15, -0.1) is 0 Å². The number of likely N-dealkylation sites (N-methyl/N-ethyl adjacent to an activating group) is 1. The SMILES string of the molecule is COc1cc(C(=O)N2CCN(C)CC2)c(F)cc1C. The minimum absolute atomic E-state index is 0.0898. The number of hydrogen-bond donors (Lipinski definition) is 0. The highest BCUT2D eigenvalue weighted by Gasteiger charge is 2.23. The lowest BCUT2D eigenvalue weighted by Crippen LogP contribution is -2.47. The summed E-state index contributed by atoms with van der Waals surface area (Å²) in [5, 5.41) is 0. The maximum atomic E-state index is 13.9. The fraction of sp³-hybridized carbons (Fsp3) is 0.500. The number of benzene rings is 1. The molecule has 104 valence electrons. The Morgan fingerprint density at radius 1 is 1.26 bits per heavy atom. The Balaban J connectivity index is 2.23. The summed E-state index contributed by atoms with van der Waals surface area (Å²) in [7, 11) is 3.53. The molecule has 0 N–H and O–H groups in total. The van der Waals surface area contributed by atoms with Gasteiger partial charge in [0.15, 0.2) is 0 Å². The van der Waals surface area contributed by atoms with Gasteiger partial charge in [-0.1, -0.05) is 0 Å². The highest BCUT2D eigenvalue weighted by atomic mass is 19.1. The highest BCUT2D eigenvalue weighted by Crippen LogP contribution is 2.23. The summed E-state index contributed by atoms with van der Waals surface area (Å²) in [5.74, 6) is -0.204. The van der Waals surface area contributed by atoms with Crippen LogP contribution in [0.25, 0.3) is 0 Å². The van der Waals surface area contributed by atoms with Gasteiger partial charge in [-0.3, -0.25) is 4.79 Å². The number of amides is 1. The molecule has 0 unspecified atom stereocenters. The Morgan fingerprint density at radius 3 is 2.47 bits per heavy atom. The van der Waals surface area contributed by atoms with Gasteiger partial charge < -0.3 is 14.5 Å². The van der Waals surface area contributed by atoms with E-state index in [1.807, 2.05) is 7.05 Å². The summed E-state index contributed by atoms with van der Waals surface area (Å²) >= 11 is 0. The molecule has 0 atom stereocenters. The molecule has 1 aromatic carbocycles. The predicted molar refractivity (Wildman–Crippen MR) is 71.1 cm³/mol. The van der Waals surface area contributed by atoms with Crippen molar-refractivity contribution < 1.29 is 13.9 Å². The number of aryl methyl sites for hydroxylation is 1. The number of nitrogens with zero attached hydrogens (tertiary/aromatic N) is 2. The summed E-state index contributed by atoms with van der Waals surface area (Å²) in [5.41, 5.74) is 0.780. The molecule has 1 aliphatic rings. The van der Waals surface area contributed by atoms with E-state index in [9.17, 15) is 9.18 Å². The topological polar surface area (TPSA) is 32.8 Å². The van der Waals surface area contributed by atoms with Gasteiger partial charge in [0, 0.05) is 26.2 Å². The van der Waals surface area contributed by atoms with E-state index in [1.54, 1.807) is 11.8 Å². The van der Waals surface area contributed by atoms with Crippen LogP contribution in [0.5, 0.6) is 5.75 Å². The van der Waals surface area contributed by atoms with E-state index < -0.39 is 5.82 Å². The molecule has 0 radical (unpaired) electrons. The average molecular weight is 266 g/mol. The fourth-order valence-electron chi connectivity index (χ4n) is 2.22. The van der Waals surface area contributed by atoms with Crippen LogP contribution in [0.1, 0.15) is 15.9 Å². The number of methoxy groups -OCH3 is 1. The molecular weight excluding hydrogens is 247 g/mol. The lowest BCUT2D eigenvalue weighted by molar-refractivity contribution is 0.0659. The summed E-state index contributed by atoms with van der Waals surface area (Å²) < 4.78 is 19.1. The molecular formula is C14H19FN2O2. The van der Waals surface area contributed by atoms with E-state index in [-0.39, 0.29) is 11.5 Å². The summed E-state index contributed by atoms with van der Waals surface area (Å²) in [6, 6.07) is 2.84. The first-order valence-corrected chi connectivity index (χ1v) is 6.35. The third-order valence-electron chi connectivity index (χ3n) is 3.51. The van der Waals surface area contributed by atoms with Crippen molar-refractivity contribution in [2.24, 2.45) is 0 Å². The summed E-state index contributed by atoms with van der Waals surface area (Å²) in [6.07, 6.45) is 0. The van der Waals surface area contributed by atoms with Crippen LogP contribution in [0.4, 0.5) is 4.39 Å². The van der Waals surface area contributed by atoms with Gasteiger partial charge in [0.05, 0.1) is 12.7 Å². The molecule has 0 saturated carbocycles. The van der Waals surface area contributed by atoms with Crippen molar-refractivity contribution in [2.75, 3.05) is 40.3 Å². The van der Waals surface area contributed by atoms with Crippen molar-refractivity contribution in [3.8, 4) is 5.75 Å². The lowest BCUT2D eigenvalue weighted by Gasteiger charge is -2.32. The number of carbonyl (C=O) groups excluding carboxylic acids is 1. The highest BCUT2D eigenvalue weighted by molar-refractivity contribution is 5.95. The molecule has 1 saturated heterocycles. The Bertz CT molecular complexity index is 483. The van der Waals surface area contributed by atoms with Gasteiger partial charge in [-0.2, -0.15) is 0 Å². The number of ether oxygens (including phenoxy) is 1. The molecule has 1 aliphatic heterocycles. The fourth-order valence-corrected chi connectivity index (χ4v) is 2.22. The molecule has 4 nitrogen and oxygen atoms in total. The van der Waals surface area contributed by atoms with Gasteiger partial charge in [-0.25, -0.2) is 4.39 Å². The summed E-state index contributed by atoms with van der Waals surface area (Å²) in [6.45, 7) is 4.65. The molecule has 1 amide bonds. The van der Waals surface area contributed by atoms with Crippen LogP contribution in [-0.2, 0) is 0 Å². The van der Waals surface area contributed by atoms with Gasteiger partial charge in [0.2, 0.25) is 0 Å². The molecule has 0 aromatic heterocycles. The molecule has 19 heavy (non-hydrogen) atoms. The normalized spacial score (nSPS) is 16.5. The van der Waals surface area contributed by atoms with Gasteiger partial charge >= 0.3 is 0 Å². The zero-order valence-electron chi connectivity index (χ0n) is 11.6. The molecule has 0 bridgehead atoms. The largest absolute Gasteiger partial charge is 0.496 e. The van der Waals surface area contributed by atoms with E-state index in [0.29, 0.717) is 24.4 Å². The van der Waals surface area contributed by atoms with Gasteiger partial charge in [0.25, 0.3) is 5.91 Å². The molecule has 2 rings (SSSR count). The third-order valence-corrected chi connectivity index (χ3v) is 3.51. The molecule has 1 fully saturated rings. The maximum absolute atomic E-state index is 13.9. The van der Waals surface area contributed by atoms with Crippen LogP contribution in [0.3, 0.4) is 0 Å². The van der Waals surface area contributed by atoms with Crippen LogP contribution < -0.4 is 4.74 Å². The number of carbonyl (C=O) groups is 1. The van der Waals surface area contributed by atoms with E-state index in [0.717, 1.165) is 13.1 Å². The Labute approximate surface area is 112 Å². The smallest absolute Gasteiger partial charge is 0.257 e. The van der Waals surface area contributed by atoms with E-state index in [2.05, 4.69) is 4.90 Å². The minimum atomic E-state index is -0.484. The molecule has 0 aliphatic carbocycles. The van der Waals surface area contributed by atoms with Crippen molar-refractivity contribution in [1.82, 2.24) is 9.80 Å². The zero-order valence-corrected chi connectivity index (χ0v) is 11.6. The molecule has 0 spiro atoms. The Kier molecular flexibility index (Phi) is 4.04. The van der Waals surface area contributed by atoms with E-state index in [4.69, 9.17) is 4.74 Å². The number of rotatable bonds is 2. The molecule has 5 heteroatoms. The van der Waals surface area contributed by atoms with Gasteiger partial charge in [0.1, 0.15) is 11.6 Å². The predicted octanol–water partition coefficient (Wildman–Crippen LogP) is 1.53. The van der Waals surface area contributed by atoms with E-state index >= 15 is 0 Å². The Hall–Kier alpha value is -1.62. The second kappa shape index (κ2) is 5.57. The van der Waals surface area contributed by atoms with Crippen molar-refractivity contribution in [3.63, 3.8) is 0 Å². The Morgan fingerprint density at radius 2 is 1.89 bits per heavy atom. The zero-order chi connectivity index (χ0) is 14.0. The third kappa shape index (κ3) is 2.87. The first-order chi connectivity index (χ1) is 9.02.